The van der Waals surface area contributed by atoms with Crippen LogP contribution in [-0.2, 0) is 14.3 Å². The maximum Gasteiger partial charge on any atom is 0.410 e. The molecule has 3 atom stereocenters. The molecule has 8 heteroatoms. The van der Waals surface area contributed by atoms with Crippen molar-refractivity contribution in [1.29, 1.82) is 0 Å². The molecule has 3 unspecified atom stereocenters. The van der Waals surface area contributed by atoms with Crippen LogP contribution in [0.25, 0.3) is 0 Å². The van der Waals surface area contributed by atoms with Crippen molar-refractivity contribution in [3.63, 3.8) is 0 Å². The maximum absolute atomic E-state index is 14.2. The molecule has 8 nitrogen and oxygen atoms in total. The molecular formula is C33H45N3O5. The number of likely N-dealkylation sites (tertiary alicyclic amines) is 1. The predicted molar refractivity (Wildman–Crippen MR) is 159 cm³/mol. The largest absolute Gasteiger partial charge is 0.457 e. The minimum atomic E-state index is -0.787. The van der Waals surface area contributed by atoms with Crippen molar-refractivity contribution in [1.82, 2.24) is 15.1 Å². The maximum atomic E-state index is 14.2. The highest BCUT2D eigenvalue weighted by Gasteiger charge is 2.40. The Hall–Kier alpha value is -3.55. The summed E-state index contributed by atoms with van der Waals surface area (Å²) in [6.45, 7) is 7.67. The van der Waals surface area contributed by atoms with Gasteiger partial charge in [0.25, 0.3) is 0 Å². The lowest BCUT2D eigenvalue weighted by Crippen LogP contribution is -2.56. The number of benzene rings is 2. The zero-order chi connectivity index (χ0) is 29.6. The first-order chi connectivity index (χ1) is 19.5. The highest BCUT2D eigenvalue weighted by atomic mass is 16.6. The van der Waals surface area contributed by atoms with E-state index in [0.717, 1.165) is 62.0 Å². The van der Waals surface area contributed by atoms with Gasteiger partial charge >= 0.3 is 6.09 Å². The highest BCUT2D eigenvalue weighted by Crippen LogP contribution is 2.36. The lowest BCUT2D eigenvalue weighted by Gasteiger charge is -2.36. The summed E-state index contributed by atoms with van der Waals surface area (Å²) in [6.07, 6.45) is 6.19. The normalized spacial score (nSPS) is 19.2. The third-order valence-electron chi connectivity index (χ3n) is 8.08. The molecule has 4 rings (SSSR count). The zero-order valence-corrected chi connectivity index (χ0v) is 25.1. The van der Waals surface area contributed by atoms with Gasteiger partial charge in [0.1, 0.15) is 29.2 Å². The Balaban J connectivity index is 1.51. The molecule has 0 radical (unpaired) electrons. The number of ether oxygens (including phenoxy) is 2. The van der Waals surface area contributed by atoms with Crippen LogP contribution in [-0.4, -0.2) is 59.0 Å². The molecule has 1 heterocycles. The monoisotopic (exact) mass is 563 g/mol. The predicted octanol–water partition coefficient (Wildman–Crippen LogP) is 6.46. The van der Waals surface area contributed by atoms with Gasteiger partial charge in [-0.25, -0.2) is 4.79 Å². The molecule has 1 aliphatic carbocycles. The summed E-state index contributed by atoms with van der Waals surface area (Å²) in [5.74, 6) is 1.15. The van der Waals surface area contributed by atoms with Gasteiger partial charge in [-0.15, -0.1) is 0 Å². The van der Waals surface area contributed by atoms with Crippen molar-refractivity contribution < 1.29 is 23.9 Å². The number of carbonyl (C=O) groups excluding carboxylic acids is 3. The number of rotatable bonds is 8. The van der Waals surface area contributed by atoms with Crippen LogP contribution in [0, 0.1) is 5.92 Å². The summed E-state index contributed by atoms with van der Waals surface area (Å²) in [6, 6.07) is 16.1. The molecular weight excluding hydrogens is 518 g/mol. The number of nitrogens with zero attached hydrogens (tertiary/aromatic N) is 2. The third-order valence-corrected chi connectivity index (χ3v) is 8.08. The lowest BCUT2D eigenvalue weighted by molar-refractivity contribution is -0.140. The van der Waals surface area contributed by atoms with E-state index in [1.165, 1.54) is 4.90 Å². The molecule has 1 saturated heterocycles. The summed E-state index contributed by atoms with van der Waals surface area (Å²) in [5, 5.41) is 3.07. The van der Waals surface area contributed by atoms with Gasteiger partial charge in [-0.05, 0) is 89.1 Å². The number of hydrogen-bond acceptors (Lipinski definition) is 5. The molecule has 2 aliphatic rings. The molecule has 1 aliphatic heterocycles. The van der Waals surface area contributed by atoms with Crippen LogP contribution in [0.5, 0.6) is 11.5 Å². The molecule has 0 aromatic heterocycles. The second kappa shape index (κ2) is 13.4. The van der Waals surface area contributed by atoms with E-state index in [1.54, 1.807) is 34.7 Å². The smallest absolute Gasteiger partial charge is 0.410 e. The van der Waals surface area contributed by atoms with Gasteiger partial charge < -0.3 is 19.7 Å². The first-order valence-electron chi connectivity index (χ1n) is 14.9. The molecule has 2 fully saturated rings. The van der Waals surface area contributed by atoms with Gasteiger partial charge in [0.15, 0.2) is 0 Å². The third kappa shape index (κ3) is 8.02. The van der Waals surface area contributed by atoms with E-state index in [2.05, 4.69) is 5.32 Å². The van der Waals surface area contributed by atoms with Crippen molar-refractivity contribution in [3.05, 3.63) is 60.2 Å². The van der Waals surface area contributed by atoms with Crippen LogP contribution in [0.15, 0.2) is 54.6 Å². The Morgan fingerprint density at radius 2 is 1.61 bits per heavy atom. The SMILES string of the molecule is CC(C(=O)NC(C(=O)N1CCCC1c1cccc(Oc2ccccc2)c1)C1CCCCC1)N(C)C(=O)OC(C)(C)C. The topological polar surface area (TPSA) is 88.2 Å². The van der Waals surface area contributed by atoms with E-state index in [4.69, 9.17) is 9.47 Å². The van der Waals surface area contributed by atoms with Crippen molar-refractivity contribution in [2.75, 3.05) is 13.6 Å². The standard InChI is InChI=1S/C33H45N3O5/c1-23(35(5)32(39)41-33(2,3)4)30(37)34-29(24-14-8-6-9-15-24)31(38)36-21-13-20-28(36)25-16-12-19-27(22-25)40-26-17-10-7-11-18-26/h7,10-12,16-19,22-24,28-29H,6,8-9,13-15,20-21H2,1-5H3,(H,34,37). The number of nitrogens with one attached hydrogen (secondary N) is 1. The molecule has 2 aromatic carbocycles. The van der Waals surface area contributed by atoms with Crippen molar-refractivity contribution in [3.8, 4) is 11.5 Å². The molecule has 0 spiro atoms. The van der Waals surface area contributed by atoms with Crippen LogP contribution in [0.1, 0.15) is 84.2 Å². The summed E-state index contributed by atoms with van der Waals surface area (Å²) in [7, 11) is 1.55. The second-order valence-electron chi connectivity index (χ2n) is 12.3. The Morgan fingerprint density at radius 3 is 2.29 bits per heavy atom. The molecule has 1 N–H and O–H groups in total. The summed E-state index contributed by atoms with van der Waals surface area (Å²) in [5.41, 5.74) is 0.354. The highest BCUT2D eigenvalue weighted by molar-refractivity contribution is 5.91. The quantitative estimate of drug-likeness (QED) is 0.398. The minimum Gasteiger partial charge on any atom is -0.457 e. The van der Waals surface area contributed by atoms with E-state index in [1.807, 2.05) is 59.5 Å². The van der Waals surface area contributed by atoms with Gasteiger partial charge in [0.2, 0.25) is 11.8 Å². The fraction of sp³-hybridized carbons (Fsp3) is 0.545. The number of para-hydroxylation sites is 1. The summed E-state index contributed by atoms with van der Waals surface area (Å²) < 4.78 is 11.5. The van der Waals surface area contributed by atoms with Crippen molar-refractivity contribution in [2.45, 2.75) is 96.4 Å². The first kappa shape index (κ1) is 30.4. The van der Waals surface area contributed by atoms with E-state index in [0.29, 0.717) is 6.54 Å². The van der Waals surface area contributed by atoms with E-state index < -0.39 is 23.8 Å². The first-order valence-corrected chi connectivity index (χ1v) is 14.9. The summed E-state index contributed by atoms with van der Waals surface area (Å²) >= 11 is 0. The molecule has 41 heavy (non-hydrogen) atoms. The lowest BCUT2D eigenvalue weighted by atomic mass is 9.83. The Bertz CT molecular complexity index is 1190. The minimum absolute atomic E-state index is 0.0470. The Kier molecular flexibility index (Phi) is 9.94. The molecule has 0 bridgehead atoms. The fourth-order valence-corrected chi connectivity index (χ4v) is 5.76. The van der Waals surface area contributed by atoms with Crippen molar-refractivity contribution in [2.24, 2.45) is 5.92 Å². The van der Waals surface area contributed by atoms with Crippen molar-refractivity contribution >= 4 is 17.9 Å². The Morgan fingerprint density at radius 1 is 0.927 bits per heavy atom. The van der Waals surface area contributed by atoms with Crippen LogP contribution in [0.4, 0.5) is 4.79 Å². The average molecular weight is 564 g/mol. The molecule has 1 saturated carbocycles. The van der Waals surface area contributed by atoms with Crippen LogP contribution in [0.3, 0.4) is 0 Å². The van der Waals surface area contributed by atoms with Gasteiger partial charge in [-0.2, -0.15) is 0 Å². The molecule has 2 aromatic rings. The number of amides is 3. The zero-order valence-electron chi connectivity index (χ0n) is 25.1. The van der Waals surface area contributed by atoms with Crippen LogP contribution < -0.4 is 10.1 Å². The van der Waals surface area contributed by atoms with E-state index in [9.17, 15) is 14.4 Å². The molecule has 222 valence electrons. The number of hydrogen-bond donors (Lipinski definition) is 1. The van der Waals surface area contributed by atoms with Gasteiger partial charge in [-0.1, -0.05) is 49.6 Å². The van der Waals surface area contributed by atoms with Crippen LogP contribution in [0.2, 0.25) is 0 Å². The fourth-order valence-electron chi connectivity index (χ4n) is 5.76. The average Bonchev–Trinajstić information content (AvgIpc) is 3.45. The second-order valence-corrected chi connectivity index (χ2v) is 12.3. The Labute approximate surface area is 244 Å². The molecule has 3 amide bonds. The van der Waals surface area contributed by atoms with E-state index in [-0.39, 0.29) is 23.8 Å². The van der Waals surface area contributed by atoms with Gasteiger partial charge in [0.05, 0.1) is 6.04 Å². The number of carbonyl (C=O) groups is 3. The number of likely N-dealkylation sites (N-methyl/N-ethyl adjacent to an activating group) is 1. The van der Waals surface area contributed by atoms with Crippen LogP contribution >= 0.6 is 0 Å². The van der Waals surface area contributed by atoms with Gasteiger partial charge in [-0.3, -0.25) is 14.5 Å². The van der Waals surface area contributed by atoms with E-state index >= 15 is 0 Å². The summed E-state index contributed by atoms with van der Waals surface area (Å²) in [4.78, 5) is 43.5. The van der Waals surface area contributed by atoms with Gasteiger partial charge in [0, 0.05) is 13.6 Å².